The molecule has 25 heavy (non-hydrogen) atoms. The van der Waals surface area contributed by atoms with Gasteiger partial charge in [0.1, 0.15) is 5.76 Å². The van der Waals surface area contributed by atoms with Crippen LogP contribution in [0.25, 0.3) is 0 Å². The first-order valence-corrected chi connectivity index (χ1v) is 9.29. The van der Waals surface area contributed by atoms with E-state index >= 15 is 0 Å². The Balaban J connectivity index is 1.48. The van der Waals surface area contributed by atoms with Crippen LogP contribution in [0.15, 0.2) is 22.8 Å². The quantitative estimate of drug-likeness (QED) is 0.793. The Labute approximate surface area is 149 Å². The molecule has 0 spiro atoms. The third-order valence-electron chi connectivity index (χ3n) is 5.01. The van der Waals surface area contributed by atoms with E-state index in [1.807, 2.05) is 22.1 Å². The SMILES string of the molecule is O=C(CCN1CCCCO1)N1CCN(Cc2ccco2)[C@H](CCO)C1. The summed E-state index contributed by atoms with van der Waals surface area (Å²) in [5, 5.41) is 11.3. The molecule has 0 bridgehead atoms. The fraction of sp³-hybridized carbons (Fsp3) is 0.722. The maximum atomic E-state index is 12.6. The zero-order valence-electron chi connectivity index (χ0n) is 14.8. The van der Waals surface area contributed by atoms with E-state index in [0.29, 0.717) is 25.9 Å². The monoisotopic (exact) mass is 351 g/mol. The van der Waals surface area contributed by atoms with E-state index in [-0.39, 0.29) is 18.6 Å². The molecule has 7 nitrogen and oxygen atoms in total. The molecule has 1 atom stereocenters. The summed E-state index contributed by atoms with van der Waals surface area (Å²) in [6.07, 6.45) is 5.08. The maximum Gasteiger partial charge on any atom is 0.224 e. The van der Waals surface area contributed by atoms with Gasteiger partial charge in [-0.25, -0.2) is 0 Å². The van der Waals surface area contributed by atoms with Gasteiger partial charge in [0, 0.05) is 51.8 Å². The average Bonchev–Trinajstić information content (AvgIpc) is 3.15. The number of furan rings is 1. The summed E-state index contributed by atoms with van der Waals surface area (Å²) < 4.78 is 5.44. The molecule has 1 amide bonds. The minimum Gasteiger partial charge on any atom is -0.468 e. The number of hydroxylamine groups is 2. The molecular formula is C18H29N3O4. The molecule has 0 saturated carbocycles. The smallest absolute Gasteiger partial charge is 0.224 e. The van der Waals surface area contributed by atoms with Crippen LogP contribution in [0, 0.1) is 0 Å². The van der Waals surface area contributed by atoms with Gasteiger partial charge in [-0.05, 0) is 31.4 Å². The largest absolute Gasteiger partial charge is 0.468 e. The Kier molecular flexibility index (Phi) is 6.86. The number of hydrogen-bond donors (Lipinski definition) is 1. The Morgan fingerprint density at radius 2 is 2.20 bits per heavy atom. The summed E-state index contributed by atoms with van der Waals surface area (Å²) >= 11 is 0. The standard InChI is InChI=1S/C18H29N3O4/c22-11-6-16-14-20(10-9-19(16)15-17-4-3-12-24-17)18(23)5-8-21-7-1-2-13-25-21/h3-4,12,16,22H,1-2,5-11,13-15H2/t16-/m1/s1. The molecule has 2 aliphatic heterocycles. The highest BCUT2D eigenvalue weighted by Crippen LogP contribution is 2.18. The van der Waals surface area contributed by atoms with Crippen LogP contribution >= 0.6 is 0 Å². The van der Waals surface area contributed by atoms with Gasteiger partial charge < -0.3 is 14.4 Å². The molecule has 1 aromatic rings. The lowest BCUT2D eigenvalue weighted by molar-refractivity contribution is -0.183. The molecule has 1 aromatic heterocycles. The van der Waals surface area contributed by atoms with E-state index in [0.717, 1.165) is 51.4 Å². The lowest BCUT2D eigenvalue weighted by atomic mass is 10.1. The first-order chi connectivity index (χ1) is 12.3. The zero-order valence-corrected chi connectivity index (χ0v) is 14.8. The van der Waals surface area contributed by atoms with Crippen LogP contribution in [0.5, 0.6) is 0 Å². The third kappa shape index (κ3) is 5.28. The molecule has 2 fully saturated rings. The number of aliphatic hydroxyl groups excluding tert-OH is 1. The van der Waals surface area contributed by atoms with Crippen molar-refractivity contribution in [1.29, 1.82) is 0 Å². The van der Waals surface area contributed by atoms with Crippen molar-refractivity contribution >= 4 is 5.91 Å². The predicted molar refractivity (Wildman–Crippen MR) is 92.6 cm³/mol. The van der Waals surface area contributed by atoms with Gasteiger partial charge in [0.05, 0.1) is 19.4 Å². The number of amides is 1. The van der Waals surface area contributed by atoms with Gasteiger partial charge in [0.25, 0.3) is 0 Å². The lowest BCUT2D eigenvalue weighted by Gasteiger charge is -2.41. The fourth-order valence-corrected chi connectivity index (χ4v) is 3.56. The van der Waals surface area contributed by atoms with Crippen molar-refractivity contribution in [3.63, 3.8) is 0 Å². The molecule has 0 aliphatic carbocycles. The molecule has 0 unspecified atom stereocenters. The highest BCUT2D eigenvalue weighted by Gasteiger charge is 2.29. The van der Waals surface area contributed by atoms with Crippen LogP contribution in [-0.2, 0) is 16.2 Å². The Morgan fingerprint density at radius 1 is 1.28 bits per heavy atom. The molecule has 1 N–H and O–H groups in total. The van der Waals surface area contributed by atoms with Crippen molar-refractivity contribution in [1.82, 2.24) is 14.9 Å². The van der Waals surface area contributed by atoms with Gasteiger partial charge in [-0.2, -0.15) is 5.06 Å². The molecular weight excluding hydrogens is 322 g/mol. The Bertz CT molecular complexity index is 516. The highest BCUT2D eigenvalue weighted by molar-refractivity contribution is 5.76. The minimum absolute atomic E-state index is 0.128. The molecule has 2 aliphatic rings. The zero-order chi connectivity index (χ0) is 17.5. The van der Waals surface area contributed by atoms with Crippen LogP contribution in [-0.4, -0.2) is 77.9 Å². The molecule has 140 valence electrons. The summed E-state index contributed by atoms with van der Waals surface area (Å²) in [4.78, 5) is 22.4. The number of piperazine rings is 1. The van der Waals surface area contributed by atoms with Crippen LogP contribution in [0.3, 0.4) is 0 Å². The predicted octanol–water partition coefficient (Wildman–Crippen LogP) is 1.09. The van der Waals surface area contributed by atoms with E-state index < -0.39 is 0 Å². The lowest BCUT2D eigenvalue weighted by Crippen LogP contribution is -2.54. The van der Waals surface area contributed by atoms with Crippen molar-refractivity contribution in [2.24, 2.45) is 0 Å². The van der Waals surface area contributed by atoms with Gasteiger partial charge >= 0.3 is 0 Å². The average molecular weight is 351 g/mol. The van der Waals surface area contributed by atoms with E-state index in [1.54, 1.807) is 6.26 Å². The van der Waals surface area contributed by atoms with Crippen molar-refractivity contribution < 1.29 is 19.2 Å². The highest BCUT2D eigenvalue weighted by atomic mass is 16.7. The number of nitrogens with zero attached hydrogens (tertiary/aromatic N) is 3. The van der Waals surface area contributed by atoms with E-state index in [4.69, 9.17) is 9.25 Å². The van der Waals surface area contributed by atoms with Crippen LogP contribution < -0.4 is 0 Å². The number of aliphatic hydroxyl groups is 1. The van der Waals surface area contributed by atoms with Crippen LogP contribution in [0.2, 0.25) is 0 Å². The fourth-order valence-electron chi connectivity index (χ4n) is 3.56. The minimum atomic E-state index is 0.128. The maximum absolute atomic E-state index is 12.6. The van der Waals surface area contributed by atoms with E-state index in [1.165, 1.54) is 0 Å². The number of carbonyl (C=O) groups is 1. The molecule has 0 aromatic carbocycles. The van der Waals surface area contributed by atoms with E-state index in [9.17, 15) is 9.90 Å². The normalized spacial score (nSPS) is 23.1. The van der Waals surface area contributed by atoms with Gasteiger partial charge in [0.2, 0.25) is 5.91 Å². The molecule has 3 heterocycles. The molecule has 3 rings (SSSR count). The Hall–Kier alpha value is -1.41. The van der Waals surface area contributed by atoms with Crippen LogP contribution in [0.1, 0.15) is 31.4 Å². The van der Waals surface area contributed by atoms with Crippen LogP contribution in [0.4, 0.5) is 0 Å². The summed E-state index contributed by atoms with van der Waals surface area (Å²) in [6.45, 7) is 5.39. The number of hydrogen-bond acceptors (Lipinski definition) is 6. The van der Waals surface area contributed by atoms with Crippen molar-refractivity contribution in [3.8, 4) is 0 Å². The second-order valence-electron chi connectivity index (χ2n) is 6.78. The number of carbonyl (C=O) groups excluding carboxylic acids is 1. The topological polar surface area (TPSA) is 69.4 Å². The van der Waals surface area contributed by atoms with Crippen molar-refractivity contribution in [2.75, 3.05) is 45.9 Å². The van der Waals surface area contributed by atoms with Gasteiger partial charge in [-0.1, -0.05) is 0 Å². The molecule has 0 radical (unpaired) electrons. The Morgan fingerprint density at radius 3 is 2.92 bits per heavy atom. The van der Waals surface area contributed by atoms with Gasteiger partial charge in [0.15, 0.2) is 0 Å². The molecule has 7 heteroatoms. The summed E-state index contributed by atoms with van der Waals surface area (Å²) in [5.41, 5.74) is 0. The number of rotatable bonds is 7. The summed E-state index contributed by atoms with van der Waals surface area (Å²) in [5.74, 6) is 1.10. The summed E-state index contributed by atoms with van der Waals surface area (Å²) in [7, 11) is 0. The van der Waals surface area contributed by atoms with E-state index in [2.05, 4.69) is 4.90 Å². The first-order valence-electron chi connectivity index (χ1n) is 9.29. The first kappa shape index (κ1) is 18.4. The van der Waals surface area contributed by atoms with Crippen molar-refractivity contribution in [3.05, 3.63) is 24.2 Å². The summed E-state index contributed by atoms with van der Waals surface area (Å²) in [6, 6.07) is 4.02. The van der Waals surface area contributed by atoms with Gasteiger partial charge in [-0.3, -0.25) is 14.5 Å². The second kappa shape index (κ2) is 9.33. The third-order valence-corrected chi connectivity index (χ3v) is 5.01. The van der Waals surface area contributed by atoms with Gasteiger partial charge in [-0.15, -0.1) is 0 Å². The molecule has 2 saturated heterocycles. The second-order valence-corrected chi connectivity index (χ2v) is 6.78. The van der Waals surface area contributed by atoms with Crippen molar-refractivity contribution in [2.45, 2.75) is 38.3 Å².